The zero-order valence-corrected chi connectivity index (χ0v) is 21.4. The minimum atomic E-state index is -0.292. The molecule has 4 rings (SSSR count). The van der Waals surface area contributed by atoms with Gasteiger partial charge in [0.1, 0.15) is 11.7 Å². The van der Waals surface area contributed by atoms with Gasteiger partial charge in [-0.3, -0.25) is 4.79 Å². The maximum absolute atomic E-state index is 13.6. The lowest BCUT2D eigenvalue weighted by atomic mass is 9.97. The fourth-order valence-corrected chi connectivity index (χ4v) is 4.98. The number of amides is 1. The second-order valence-corrected chi connectivity index (χ2v) is 10.3. The number of aryl methyl sites for hydroxylation is 1. The highest BCUT2D eigenvalue weighted by atomic mass is 16.5. The number of ether oxygens (including phenoxy) is 2. The molecule has 0 saturated carbocycles. The van der Waals surface area contributed by atoms with Crippen molar-refractivity contribution in [3.63, 3.8) is 0 Å². The van der Waals surface area contributed by atoms with Crippen molar-refractivity contribution in [2.45, 2.75) is 45.8 Å². The van der Waals surface area contributed by atoms with Crippen LogP contribution in [0.1, 0.15) is 42.6 Å². The molecular weight excluding hydrogens is 442 g/mol. The molecule has 0 radical (unpaired) electrons. The summed E-state index contributed by atoms with van der Waals surface area (Å²) in [6.07, 6.45) is 3.84. The molecule has 1 amide bonds. The Labute approximate surface area is 209 Å². The van der Waals surface area contributed by atoms with Crippen LogP contribution in [0.4, 0.5) is 0 Å². The van der Waals surface area contributed by atoms with E-state index in [4.69, 9.17) is 9.47 Å². The fraction of sp³-hybridized carbons (Fsp3) is 0.571. The molecular formula is C28H39N3O4. The van der Waals surface area contributed by atoms with Gasteiger partial charge >= 0.3 is 0 Å². The van der Waals surface area contributed by atoms with Crippen molar-refractivity contribution in [1.29, 1.82) is 0 Å². The highest BCUT2D eigenvalue weighted by Gasteiger charge is 2.34. The monoisotopic (exact) mass is 481 g/mol. The highest BCUT2D eigenvalue weighted by molar-refractivity contribution is 5.98. The van der Waals surface area contributed by atoms with Gasteiger partial charge in [0.2, 0.25) is 5.88 Å². The fourth-order valence-electron chi connectivity index (χ4n) is 4.98. The lowest BCUT2D eigenvalue weighted by Gasteiger charge is -2.38. The van der Waals surface area contributed by atoms with Crippen molar-refractivity contribution in [3.05, 3.63) is 47.7 Å². The molecule has 2 aromatic rings. The summed E-state index contributed by atoms with van der Waals surface area (Å²) in [5.74, 6) is 0.935. The van der Waals surface area contributed by atoms with E-state index in [9.17, 15) is 9.90 Å². The van der Waals surface area contributed by atoms with E-state index in [0.29, 0.717) is 23.9 Å². The molecule has 2 aliphatic heterocycles. The number of pyridine rings is 1. The molecule has 190 valence electrons. The number of aromatic nitrogens is 1. The van der Waals surface area contributed by atoms with Gasteiger partial charge in [-0.05, 0) is 51.3 Å². The molecule has 7 nitrogen and oxygen atoms in total. The van der Waals surface area contributed by atoms with Crippen molar-refractivity contribution in [1.82, 2.24) is 14.8 Å². The first-order chi connectivity index (χ1) is 16.9. The largest absolute Gasteiger partial charge is 0.472 e. The van der Waals surface area contributed by atoms with Crippen molar-refractivity contribution in [2.24, 2.45) is 11.8 Å². The van der Waals surface area contributed by atoms with Crippen LogP contribution in [0.5, 0.6) is 5.88 Å². The number of fused-ring (bicyclic) bond motifs is 1. The standard InChI is InChI=1S/C28H39N3O4/c1-19-5-7-23(8-6-19)24-13-25-27(29-14-24)35-26(17-30(4)16-22-9-11-34-12-10-22)20(2)15-31(28(25)33)21(3)18-32/h5-8,13-14,20-22,26,32H,9-12,15-18H2,1-4H3/t20-,21+,26+/m1/s1. The Morgan fingerprint density at radius 1 is 1.17 bits per heavy atom. The Balaban J connectivity index is 1.62. The SMILES string of the molecule is Cc1ccc(-c2cnc3c(c2)C(=O)N([C@@H](C)CO)C[C@@H](C)[C@H](CN(C)CC2CCOCC2)O3)cc1. The van der Waals surface area contributed by atoms with E-state index in [-0.39, 0.29) is 30.6 Å². The number of aliphatic hydroxyl groups excluding tert-OH is 1. The number of benzene rings is 1. The molecule has 1 N–H and O–H groups in total. The number of hydrogen-bond donors (Lipinski definition) is 1. The Morgan fingerprint density at radius 2 is 1.89 bits per heavy atom. The van der Waals surface area contributed by atoms with Crippen LogP contribution in [0.15, 0.2) is 36.5 Å². The minimum absolute atomic E-state index is 0.0804. The van der Waals surface area contributed by atoms with Crippen LogP contribution in [0.2, 0.25) is 0 Å². The van der Waals surface area contributed by atoms with Gasteiger partial charge in [0.05, 0.1) is 12.6 Å². The number of rotatable bonds is 7. The maximum Gasteiger partial charge on any atom is 0.259 e. The third-order valence-corrected chi connectivity index (χ3v) is 7.31. The van der Waals surface area contributed by atoms with Crippen LogP contribution in [-0.2, 0) is 4.74 Å². The number of hydrogen-bond acceptors (Lipinski definition) is 6. The molecule has 3 heterocycles. The molecule has 1 aromatic carbocycles. The molecule has 3 atom stereocenters. The first-order valence-corrected chi connectivity index (χ1v) is 12.8. The van der Waals surface area contributed by atoms with Gasteiger partial charge in [-0.1, -0.05) is 36.8 Å². The molecule has 2 aliphatic rings. The van der Waals surface area contributed by atoms with Gasteiger partial charge in [0.25, 0.3) is 5.91 Å². The van der Waals surface area contributed by atoms with Gasteiger partial charge in [-0.15, -0.1) is 0 Å². The third kappa shape index (κ3) is 6.21. The number of nitrogens with zero attached hydrogens (tertiary/aromatic N) is 3. The molecule has 0 unspecified atom stereocenters. The van der Waals surface area contributed by atoms with E-state index in [1.165, 1.54) is 5.56 Å². The zero-order chi connectivity index (χ0) is 24.9. The summed E-state index contributed by atoms with van der Waals surface area (Å²) in [7, 11) is 2.14. The summed E-state index contributed by atoms with van der Waals surface area (Å²) in [6, 6.07) is 9.77. The van der Waals surface area contributed by atoms with Crippen LogP contribution in [0.3, 0.4) is 0 Å². The molecule has 7 heteroatoms. The van der Waals surface area contributed by atoms with E-state index in [1.54, 1.807) is 11.1 Å². The summed E-state index contributed by atoms with van der Waals surface area (Å²) < 4.78 is 12.0. The Kier molecular flexibility index (Phi) is 8.42. The number of carbonyl (C=O) groups excluding carboxylic acids is 1. The van der Waals surface area contributed by atoms with Crippen LogP contribution in [0.25, 0.3) is 11.1 Å². The summed E-state index contributed by atoms with van der Waals surface area (Å²) >= 11 is 0. The number of likely N-dealkylation sites (N-methyl/N-ethyl adjacent to an activating group) is 1. The van der Waals surface area contributed by atoms with E-state index < -0.39 is 0 Å². The van der Waals surface area contributed by atoms with E-state index >= 15 is 0 Å². The molecule has 35 heavy (non-hydrogen) atoms. The predicted octanol–water partition coefficient (Wildman–Crippen LogP) is 3.64. The Morgan fingerprint density at radius 3 is 2.57 bits per heavy atom. The van der Waals surface area contributed by atoms with Gasteiger partial charge in [-0.2, -0.15) is 0 Å². The van der Waals surface area contributed by atoms with Crippen LogP contribution in [0, 0.1) is 18.8 Å². The molecule has 1 aromatic heterocycles. The molecule has 0 aliphatic carbocycles. The lowest BCUT2D eigenvalue weighted by Crippen LogP contribution is -2.50. The van der Waals surface area contributed by atoms with Crippen LogP contribution >= 0.6 is 0 Å². The van der Waals surface area contributed by atoms with Crippen LogP contribution < -0.4 is 4.74 Å². The molecule has 0 bridgehead atoms. The van der Waals surface area contributed by atoms with Gasteiger partial charge < -0.3 is 24.4 Å². The number of aliphatic hydroxyl groups is 1. The van der Waals surface area contributed by atoms with E-state index in [1.807, 2.05) is 25.1 Å². The zero-order valence-electron chi connectivity index (χ0n) is 21.4. The summed E-state index contributed by atoms with van der Waals surface area (Å²) in [5.41, 5.74) is 3.51. The Hall–Kier alpha value is -2.48. The van der Waals surface area contributed by atoms with Gasteiger partial charge in [0, 0.05) is 50.5 Å². The second-order valence-electron chi connectivity index (χ2n) is 10.3. The average molecular weight is 482 g/mol. The molecule has 0 spiro atoms. The first-order valence-electron chi connectivity index (χ1n) is 12.8. The molecule has 1 saturated heterocycles. The predicted molar refractivity (Wildman–Crippen MR) is 137 cm³/mol. The lowest BCUT2D eigenvalue weighted by molar-refractivity contribution is 0.0254. The van der Waals surface area contributed by atoms with Crippen molar-refractivity contribution in [3.8, 4) is 17.0 Å². The van der Waals surface area contributed by atoms with Crippen molar-refractivity contribution >= 4 is 5.91 Å². The molecule has 1 fully saturated rings. The number of carbonyl (C=O) groups is 1. The summed E-state index contributed by atoms with van der Waals surface area (Å²) in [5, 5.41) is 9.89. The van der Waals surface area contributed by atoms with Crippen molar-refractivity contribution in [2.75, 3.05) is 46.5 Å². The minimum Gasteiger partial charge on any atom is -0.472 e. The van der Waals surface area contributed by atoms with Crippen molar-refractivity contribution < 1.29 is 19.4 Å². The average Bonchev–Trinajstić information content (AvgIpc) is 2.86. The third-order valence-electron chi connectivity index (χ3n) is 7.31. The normalized spacial score (nSPS) is 22.3. The van der Waals surface area contributed by atoms with Crippen LogP contribution in [-0.4, -0.2) is 84.4 Å². The smallest absolute Gasteiger partial charge is 0.259 e. The first kappa shape index (κ1) is 25.6. The van der Waals surface area contributed by atoms with Gasteiger partial charge in [0.15, 0.2) is 0 Å². The maximum atomic E-state index is 13.6. The van der Waals surface area contributed by atoms with E-state index in [2.05, 4.69) is 42.9 Å². The second kappa shape index (κ2) is 11.5. The summed E-state index contributed by atoms with van der Waals surface area (Å²) in [4.78, 5) is 22.4. The topological polar surface area (TPSA) is 75.1 Å². The quantitative estimate of drug-likeness (QED) is 0.651. The Bertz CT molecular complexity index is 990. The highest BCUT2D eigenvalue weighted by Crippen LogP contribution is 2.30. The van der Waals surface area contributed by atoms with Gasteiger partial charge in [-0.25, -0.2) is 4.98 Å². The van der Waals surface area contributed by atoms with E-state index in [0.717, 1.165) is 50.3 Å². The summed E-state index contributed by atoms with van der Waals surface area (Å²) in [6.45, 7) is 9.90.